The van der Waals surface area contributed by atoms with E-state index in [-0.39, 0.29) is 12.3 Å². The van der Waals surface area contributed by atoms with Crippen LogP contribution in [0.25, 0.3) is 0 Å². The molecule has 0 aromatic heterocycles. The first kappa shape index (κ1) is 17.8. The molecule has 4 N–H and O–H groups in total. The molecule has 1 aromatic carbocycles. The highest BCUT2D eigenvalue weighted by atomic mass is 16.5. The van der Waals surface area contributed by atoms with E-state index in [1.807, 2.05) is 6.92 Å². The van der Waals surface area contributed by atoms with Crippen LogP contribution in [0.5, 0.6) is 5.75 Å². The van der Waals surface area contributed by atoms with E-state index in [0.29, 0.717) is 30.1 Å². The molecular weight excluding hydrogens is 286 g/mol. The molecule has 0 aliphatic rings. The van der Waals surface area contributed by atoms with Crippen LogP contribution in [0.2, 0.25) is 0 Å². The average molecular weight is 309 g/mol. The molecule has 0 aliphatic carbocycles. The third-order valence-electron chi connectivity index (χ3n) is 3.38. The van der Waals surface area contributed by atoms with Crippen LogP contribution in [0.15, 0.2) is 18.2 Å². The molecule has 0 bridgehead atoms. The quantitative estimate of drug-likeness (QED) is 0.627. The summed E-state index contributed by atoms with van der Waals surface area (Å²) in [5.74, 6) is -0.614. The van der Waals surface area contributed by atoms with E-state index < -0.39 is 12.0 Å². The van der Waals surface area contributed by atoms with Crippen LogP contribution in [0, 0.1) is 0 Å². The van der Waals surface area contributed by atoms with Gasteiger partial charge in [-0.05, 0) is 25.6 Å². The number of ether oxygens (including phenoxy) is 1. The minimum absolute atomic E-state index is 0.00846. The molecule has 122 valence electrons. The van der Waals surface area contributed by atoms with Crippen molar-refractivity contribution in [3.63, 3.8) is 0 Å². The number of nitrogens with two attached hydrogens (primary N) is 1. The van der Waals surface area contributed by atoms with Crippen LogP contribution in [-0.4, -0.2) is 48.6 Å². The Hall–Kier alpha value is -2.28. The van der Waals surface area contributed by atoms with E-state index in [2.05, 4.69) is 5.32 Å². The van der Waals surface area contributed by atoms with Gasteiger partial charge in [-0.25, -0.2) is 0 Å². The van der Waals surface area contributed by atoms with Gasteiger partial charge in [0.25, 0.3) is 0 Å². The number of carboxylic acid groups (broad SMARTS) is 1. The van der Waals surface area contributed by atoms with Gasteiger partial charge in [0.1, 0.15) is 5.75 Å². The minimum atomic E-state index is -0.887. The van der Waals surface area contributed by atoms with Gasteiger partial charge in [0.05, 0.1) is 25.3 Å². The average Bonchev–Trinajstić information content (AvgIpc) is 2.47. The molecule has 1 aromatic rings. The van der Waals surface area contributed by atoms with E-state index in [1.165, 1.54) is 7.11 Å². The molecule has 0 fully saturated rings. The van der Waals surface area contributed by atoms with Crippen molar-refractivity contribution in [1.29, 1.82) is 0 Å². The lowest BCUT2D eigenvalue weighted by molar-refractivity contribution is -0.137. The second-order valence-electron chi connectivity index (χ2n) is 5.00. The van der Waals surface area contributed by atoms with Crippen molar-refractivity contribution in [1.82, 2.24) is 4.90 Å². The summed E-state index contributed by atoms with van der Waals surface area (Å²) < 4.78 is 5.19. The number of aliphatic carboxylic acids is 1. The van der Waals surface area contributed by atoms with Crippen LogP contribution in [0.3, 0.4) is 0 Å². The standard InChI is InChI=1S/C15H23N3O4/c1-4-12(18(2)8-7-14(19)20)15(21)17-11-6-5-10(16)9-13(11)22-3/h5-6,9,12H,4,7-8,16H2,1-3H3,(H,17,21)(H,19,20). The summed E-state index contributed by atoms with van der Waals surface area (Å²) in [7, 11) is 3.23. The zero-order valence-corrected chi connectivity index (χ0v) is 13.1. The van der Waals surface area contributed by atoms with Crippen molar-refractivity contribution in [2.45, 2.75) is 25.8 Å². The van der Waals surface area contributed by atoms with Crippen molar-refractivity contribution in [2.24, 2.45) is 0 Å². The van der Waals surface area contributed by atoms with E-state index in [0.717, 1.165) is 0 Å². The van der Waals surface area contributed by atoms with E-state index in [4.69, 9.17) is 15.6 Å². The fraction of sp³-hybridized carbons (Fsp3) is 0.467. The third-order valence-corrected chi connectivity index (χ3v) is 3.38. The number of likely N-dealkylation sites (N-methyl/N-ethyl adjacent to an activating group) is 1. The van der Waals surface area contributed by atoms with Gasteiger partial charge in [0.2, 0.25) is 5.91 Å². The number of carbonyl (C=O) groups is 2. The number of nitrogens with one attached hydrogen (secondary N) is 1. The van der Waals surface area contributed by atoms with Gasteiger partial charge in [-0.2, -0.15) is 0 Å². The summed E-state index contributed by atoms with van der Waals surface area (Å²) in [6.45, 7) is 2.18. The Bertz CT molecular complexity index is 534. The largest absolute Gasteiger partial charge is 0.494 e. The molecular formula is C15H23N3O4. The summed E-state index contributed by atoms with van der Waals surface area (Å²) in [4.78, 5) is 24.8. The molecule has 0 heterocycles. The number of carboxylic acids is 1. The number of anilines is 2. The van der Waals surface area contributed by atoms with Crippen LogP contribution >= 0.6 is 0 Å². The minimum Gasteiger partial charge on any atom is -0.494 e. The van der Waals surface area contributed by atoms with Crippen molar-refractivity contribution in [3.8, 4) is 5.75 Å². The molecule has 22 heavy (non-hydrogen) atoms. The Kier molecular flexibility index (Phi) is 6.65. The van der Waals surface area contributed by atoms with Gasteiger partial charge in [-0.3, -0.25) is 14.5 Å². The lowest BCUT2D eigenvalue weighted by atomic mass is 10.1. The zero-order valence-electron chi connectivity index (χ0n) is 13.1. The van der Waals surface area contributed by atoms with Gasteiger partial charge in [-0.15, -0.1) is 0 Å². The number of rotatable bonds is 8. The predicted octanol–water partition coefficient (Wildman–Crippen LogP) is 1.40. The maximum absolute atomic E-state index is 12.4. The molecule has 7 heteroatoms. The van der Waals surface area contributed by atoms with Crippen LogP contribution < -0.4 is 15.8 Å². The lowest BCUT2D eigenvalue weighted by Gasteiger charge is -2.26. The maximum Gasteiger partial charge on any atom is 0.304 e. The highest BCUT2D eigenvalue weighted by molar-refractivity contribution is 5.96. The second-order valence-corrected chi connectivity index (χ2v) is 5.00. The fourth-order valence-corrected chi connectivity index (χ4v) is 2.15. The van der Waals surface area contributed by atoms with Gasteiger partial charge in [0, 0.05) is 18.3 Å². The first-order valence-electron chi connectivity index (χ1n) is 7.05. The van der Waals surface area contributed by atoms with Crippen LogP contribution in [0.1, 0.15) is 19.8 Å². The molecule has 7 nitrogen and oxygen atoms in total. The van der Waals surface area contributed by atoms with Crippen LogP contribution in [0.4, 0.5) is 11.4 Å². The van der Waals surface area contributed by atoms with Gasteiger partial charge in [-0.1, -0.05) is 6.92 Å². The Morgan fingerprint density at radius 3 is 2.68 bits per heavy atom. The number of hydrogen-bond acceptors (Lipinski definition) is 5. The van der Waals surface area contributed by atoms with E-state index >= 15 is 0 Å². The second kappa shape index (κ2) is 8.23. The molecule has 0 spiro atoms. The molecule has 0 radical (unpaired) electrons. The molecule has 0 saturated carbocycles. The van der Waals surface area contributed by atoms with E-state index in [9.17, 15) is 9.59 Å². The smallest absolute Gasteiger partial charge is 0.304 e. The predicted molar refractivity (Wildman–Crippen MR) is 85.0 cm³/mol. The molecule has 1 unspecified atom stereocenters. The normalized spacial score (nSPS) is 12.0. The van der Waals surface area contributed by atoms with Crippen molar-refractivity contribution >= 4 is 23.3 Å². The first-order valence-corrected chi connectivity index (χ1v) is 7.05. The number of benzene rings is 1. The number of amides is 1. The monoisotopic (exact) mass is 309 g/mol. The summed E-state index contributed by atoms with van der Waals surface area (Å²) >= 11 is 0. The third kappa shape index (κ3) is 4.92. The summed E-state index contributed by atoms with van der Waals surface area (Å²) in [6.07, 6.45) is 0.560. The molecule has 1 amide bonds. The Morgan fingerprint density at radius 2 is 2.14 bits per heavy atom. The summed E-state index contributed by atoms with van der Waals surface area (Å²) in [5.41, 5.74) is 6.76. The highest BCUT2D eigenvalue weighted by Crippen LogP contribution is 2.27. The first-order chi connectivity index (χ1) is 10.4. The van der Waals surface area contributed by atoms with E-state index in [1.54, 1.807) is 30.1 Å². The molecule has 0 aliphatic heterocycles. The highest BCUT2D eigenvalue weighted by Gasteiger charge is 2.22. The van der Waals surface area contributed by atoms with Crippen LogP contribution in [-0.2, 0) is 9.59 Å². The fourth-order valence-electron chi connectivity index (χ4n) is 2.15. The number of methoxy groups -OCH3 is 1. The van der Waals surface area contributed by atoms with Gasteiger partial charge >= 0.3 is 5.97 Å². The van der Waals surface area contributed by atoms with Gasteiger partial charge < -0.3 is 20.9 Å². The number of hydrogen-bond donors (Lipinski definition) is 3. The molecule has 0 saturated heterocycles. The van der Waals surface area contributed by atoms with Crippen molar-refractivity contribution in [2.75, 3.05) is 31.8 Å². The number of nitrogen functional groups attached to an aromatic ring is 1. The molecule has 1 atom stereocenters. The summed E-state index contributed by atoms with van der Waals surface area (Å²) in [5, 5.41) is 11.5. The zero-order chi connectivity index (χ0) is 16.7. The maximum atomic E-state index is 12.4. The topological polar surface area (TPSA) is 105 Å². The Balaban J connectivity index is 2.78. The summed E-state index contributed by atoms with van der Waals surface area (Å²) in [6, 6.07) is 4.56. The SMILES string of the molecule is CCC(C(=O)Nc1ccc(N)cc1OC)N(C)CCC(=O)O. The molecule has 1 rings (SSSR count). The Morgan fingerprint density at radius 1 is 1.45 bits per heavy atom. The van der Waals surface area contributed by atoms with Crippen molar-refractivity contribution in [3.05, 3.63) is 18.2 Å². The lowest BCUT2D eigenvalue weighted by Crippen LogP contribution is -2.42. The number of nitrogens with zero attached hydrogens (tertiary/aromatic N) is 1. The van der Waals surface area contributed by atoms with Crippen molar-refractivity contribution < 1.29 is 19.4 Å². The Labute approximate surface area is 130 Å². The van der Waals surface area contributed by atoms with Gasteiger partial charge in [0.15, 0.2) is 0 Å². The number of carbonyl (C=O) groups excluding carboxylic acids is 1.